The monoisotopic (exact) mass is 740 g/mol. The van der Waals surface area contributed by atoms with Crippen molar-refractivity contribution < 1.29 is 37.0 Å². The molecule has 3 amide bonds. The Balaban J connectivity index is 1.15. The van der Waals surface area contributed by atoms with Crippen LogP contribution in [0.1, 0.15) is 52.4 Å². The first kappa shape index (κ1) is 36.2. The van der Waals surface area contributed by atoms with E-state index in [4.69, 9.17) is 19.2 Å². The van der Waals surface area contributed by atoms with Crippen LogP contribution in [0, 0.1) is 11.8 Å². The topological polar surface area (TPSA) is 153 Å². The van der Waals surface area contributed by atoms with Gasteiger partial charge in [-0.2, -0.15) is 0 Å². The molecule has 0 spiro atoms. The molecule has 3 aliphatic rings. The fourth-order valence-corrected chi connectivity index (χ4v) is 8.77. The van der Waals surface area contributed by atoms with Gasteiger partial charge in [0.1, 0.15) is 34.9 Å². The van der Waals surface area contributed by atoms with Crippen LogP contribution in [0.15, 0.2) is 83.8 Å². The van der Waals surface area contributed by atoms with E-state index in [1.165, 1.54) is 24.0 Å². The number of hydrogen-bond acceptors (Lipinski definition) is 9. The van der Waals surface area contributed by atoms with E-state index in [9.17, 15) is 22.8 Å². The van der Waals surface area contributed by atoms with Gasteiger partial charge in [-0.05, 0) is 48.9 Å². The summed E-state index contributed by atoms with van der Waals surface area (Å²) in [7, 11) is -2.70. The second kappa shape index (κ2) is 14.7. The summed E-state index contributed by atoms with van der Waals surface area (Å²) in [5, 5.41) is 3.70. The Bertz CT molecular complexity index is 2150. The van der Waals surface area contributed by atoms with Crippen LogP contribution in [-0.2, 0) is 24.4 Å². The van der Waals surface area contributed by atoms with Crippen molar-refractivity contribution in [2.24, 2.45) is 11.8 Å². The van der Waals surface area contributed by atoms with Crippen LogP contribution in [-0.4, -0.2) is 74.0 Å². The van der Waals surface area contributed by atoms with E-state index in [1.807, 2.05) is 61.5 Å². The Kier molecular flexibility index (Phi) is 10.0. The average molecular weight is 741 g/mol. The van der Waals surface area contributed by atoms with Crippen LogP contribution in [0.5, 0.6) is 17.2 Å². The van der Waals surface area contributed by atoms with Gasteiger partial charge < -0.3 is 24.4 Å². The number of hydrogen-bond donors (Lipinski definition) is 2. The van der Waals surface area contributed by atoms with Gasteiger partial charge in [-0.15, -0.1) is 0 Å². The summed E-state index contributed by atoms with van der Waals surface area (Å²) in [4.78, 5) is 47.4. The predicted octanol–water partition coefficient (Wildman–Crippen LogP) is 5.25. The van der Waals surface area contributed by atoms with Gasteiger partial charge in [0.25, 0.3) is 15.9 Å². The number of carbonyl (C=O) groups is 3. The third-order valence-corrected chi connectivity index (χ3v) is 12.0. The first-order valence-corrected chi connectivity index (χ1v) is 19.6. The highest BCUT2D eigenvalue weighted by molar-refractivity contribution is 7.90. The Morgan fingerprint density at radius 3 is 2.60 bits per heavy atom. The lowest BCUT2D eigenvalue weighted by Crippen LogP contribution is -2.56. The Morgan fingerprint density at radius 2 is 1.83 bits per heavy atom. The van der Waals surface area contributed by atoms with E-state index in [1.54, 1.807) is 19.2 Å². The molecule has 2 unspecified atom stereocenters. The van der Waals surface area contributed by atoms with Gasteiger partial charge >= 0.3 is 0 Å². The number of aromatic nitrogens is 1. The number of rotatable bonds is 6. The molecule has 13 heteroatoms. The van der Waals surface area contributed by atoms with Crippen LogP contribution in [0.2, 0.25) is 0 Å². The molecule has 2 aliphatic heterocycles. The van der Waals surface area contributed by atoms with E-state index >= 15 is 0 Å². The number of methoxy groups -OCH3 is 1. The molecule has 2 fully saturated rings. The van der Waals surface area contributed by atoms with Gasteiger partial charge in [-0.3, -0.25) is 14.4 Å². The standard InChI is InChI=1S/C40H44N4O8S/c1-25-11-6-5-9-18-51-29-14-10-15-31(19-29)53(48,49)43-39(47)40(23-33(25)40)42-38(46)36-21-30(24-44(36)26(2)45)52-37-22-34(27-12-7-4-8-13-27)41-35-20-28(50-3)16-17-32(35)37/h4,7-8,10,12-17,19-20,22,25,30,33,36H,5-6,9,11,18,21,23-24H2,1-3H3,(H,42,46)(H,43,47)/t25?,30-,33?,36+,40-/m1/s1. The van der Waals surface area contributed by atoms with Crippen LogP contribution < -0.4 is 24.2 Å². The number of sulfonamides is 1. The SMILES string of the molecule is COc1ccc2c(O[C@@H]3C[C@@H](C(=O)N[C@]45CC4C(C)CCCCCOc4cccc(c4)S(=O)(=O)NC5=O)N(C(C)=O)C3)cc(-c3ccccc3)nc2c1. The summed E-state index contributed by atoms with van der Waals surface area (Å²) in [6.45, 7) is 4.01. The van der Waals surface area contributed by atoms with Crippen LogP contribution >= 0.6 is 0 Å². The molecule has 1 saturated carbocycles. The zero-order valence-corrected chi connectivity index (χ0v) is 30.9. The van der Waals surface area contributed by atoms with Crippen molar-refractivity contribution >= 4 is 38.6 Å². The van der Waals surface area contributed by atoms with Crippen LogP contribution in [0.25, 0.3) is 22.2 Å². The first-order chi connectivity index (χ1) is 25.5. The minimum absolute atomic E-state index is 0.0248. The van der Waals surface area contributed by atoms with Crippen molar-refractivity contribution in [2.45, 2.75) is 75.0 Å². The van der Waals surface area contributed by atoms with E-state index in [-0.39, 0.29) is 42.0 Å². The number of fused-ring (bicyclic) bond motifs is 4. The third kappa shape index (κ3) is 7.53. The summed E-state index contributed by atoms with van der Waals surface area (Å²) in [5.74, 6) is -0.328. The molecule has 1 aromatic heterocycles. The fraction of sp³-hybridized carbons (Fsp3) is 0.400. The average Bonchev–Trinajstić information content (AvgIpc) is 3.73. The zero-order chi connectivity index (χ0) is 37.3. The molecule has 1 aliphatic carbocycles. The lowest BCUT2D eigenvalue weighted by atomic mass is 9.94. The zero-order valence-electron chi connectivity index (χ0n) is 30.0. The lowest BCUT2D eigenvalue weighted by Gasteiger charge is -2.26. The maximum Gasteiger partial charge on any atom is 0.264 e. The molecule has 278 valence electrons. The van der Waals surface area contributed by atoms with Crippen molar-refractivity contribution in [1.29, 1.82) is 0 Å². The number of carbonyl (C=O) groups excluding carboxylic acids is 3. The molecule has 2 bridgehead atoms. The quantitative estimate of drug-likeness (QED) is 0.270. The van der Waals surface area contributed by atoms with Crippen LogP contribution in [0.4, 0.5) is 0 Å². The molecular weight excluding hydrogens is 697 g/mol. The largest absolute Gasteiger partial charge is 0.497 e. The van der Waals surface area contributed by atoms with Crippen molar-refractivity contribution in [3.63, 3.8) is 0 Å². The van der Waals surface area contributed by atoms with Gasteiger partial charge in [-0.1, -0.05) is 62.6 Å². The van der Waals surface area contributed by atoms with Crippen molar-refractivity contribution in [3.8, 4) is 28.5 Å². The minimum atomic E-state index is -4.29. The molecule has 12 nitrogen and oxygen atoms in total. The molecule has 2 N–H and O–H groups in total. The van der Waals surface area contributed by atoms with Gasteiger partial charge in [0, 0.05) is 42.5 Å². The number of nitrogens with one attached hydrogen (secondary N) is 2. The molecule has 3 heterocycles. The van der Waals surface area contributed by atoms with Crippen molar-refractivity contribution in [2.75, 3.05) is 20.3 Å². The number of amides is 3. The predicted molar refractivity (Wildman–Crippen MR) is 198 cm³/mol. The van der Waals surface area contributed by atoms with E-state index < -0.39 is 39.5 Å². The van der Waals surface area contributed by atoms with E-state index in [2.05, 4.69) is 10.0 Å². The number of pyridine rings is 1. The summed E-state index contributed by atoms with van der Waals surface area (Å²) in [6, 6.07) is 22.2. The van der Waals surface area contributed by atoms with Crippen molar-refractivity contribution in [1.82, 2.24) is 19.9 Å². The van der Waals surface area contributed by atoms with Gasteiger partial charge in [0.2, 0.25) is 11.8 Å². The molecular formula is C40H44N4O8S. The number of ether oxygens (including phenoxy) is 3. The van der Waals surface area contributed by atoms with E-state index in [0.29, 0.717) is 35.1 Å². The Hall–Kier alpha value is -5.17. The summed E-state index contributed by atoms with van der Waals surface area (Å²) >= 11 is 0. The third-order valence-electron chi connectivity index (χ3n) is 10.7. The van der Waals surface area contributed by atoms with Gasteiger partial charge in [-0.25, -0.2) is 18.1 Å². The highest BCUT2D eigenvalue weighted by Gasteiger charge is 2.64. The molecule has 4 aromatic rings. The first-order valence-electron chi connectivity index (χ1n) is 18.1. The Morgan fingerprint density at radius 1 is 1.02 bits per heavy atom. The van der Waals surface area contributed by atoms with Crippen molar-refractivity contribution in [3.05, 3.63) is 78.9 Å². The lowest BCUT2D eigenvalue weighted by molar-refractivity contribution is -0.138. The second-order valence-electron chi connectivity index (χ2n) is 14.3. The maximum absolute atomic E-state index is 14.2. The van der Waals surface area contributed by atoms with E-state index in [0.717, 1.165) is 36.6 Å². The molecule has 5 atom stereocenters. The molecule has 1 saturated heterocycles. The Labute approximate surface area is 309 Å². The molecule has 0 radical (unpaired) electrons. The molecule has 7 rings (SSSR count). The minimum Gasteiger partial charge on any atom is -0.497 e. The number of benzene rings is 3. The molecule has 3 aromatic carbocycles. The van der Waals surface area contributed by atoms with Crippen LogP contribution in [0.3, 0.4) is 0 Å². The number of likely N-dealkylation sites (tertiary alicyclic amines) is 1. The normalized spacial score (nSPS) is 25.5. The highest BCUT2D eigenvalue weighted by Crippen LogP contribution is 2.51. The smallest absolute Gasteiger partial charge is 0.264 e. The summed E-state index contributed by atoms with van der Waals surface area (Å²) in [6.07, 6.45) is 3.29. The summed E-state index contributed by atoms with van der Waals surface area (Å²) in [5.41, 5.74) is 0.789. The maximum atomic E-state index is 14.2. The second-order valence-corrected chi connectivity index (χ2v) is 16.0. The van der Waals surface area contributed by atoms with Gasteiger partial charge in [0.05, 0.1) is 36.4 Å². The summed E-state index contributed by atoms with van der Waals surface area (Å²) < 4.78 is 47.0. The molecule has 53 heavy (non-hydrogen) atoms. The fourth-order valence-electron chi connectivity index (χ4n) is 7.70. The van der Waals surface area contributed by atoms with Gasteiger partial charge in [0.15, 0.2) is 0 Å². The highest BCUT2D eigenvalue weighted by atomic mass is 32.2. The number of nitrogens with zero attached hydrogens (tertiary/aromatic N) is 2.